The Hall–Kier alpha value is -3.73. The van der Waals surface area contributed by atoms with Crippen LogP contribution in [0.5, 0.6) is 11.5 Å². The summed E-state index contributed by atoms with van der Waals surface area (Å²) in [5, 5.41) is 5.81. The SMILES string of the molecule is CCOC(=O)C1=C(Nc2ccc3ccccc3c2)/C(=C/c2ccc(OC)c(OC)c2)CC1. The van der Waals surface area contributed by atoms with Crippen LogP contribution in [0.3, 0.4) is 0 Å². The van der Waals surface area contributed by atoms with Crippen molar-refractivity contribution in [1.82, 2.24) is 0 Å². The van der Waals surface area contributed by atoms with Crippen LogP contribution in [-0.2, 0) is 9.53 Å². The van der Waals surface area contributed by atoms with E-state index in [-0.39, 0.29) is 5.97 Å². The van der Waals surface area contributed by atoms with Crippen molar-refractivity contribution < 1.29 is 19.0 Å². The Kier molecular flexibility index (Phi) is 6.45. The Morgan fingerprint density at radius 2 is 1.72 bits per heavy atom. The van der Waals surface area contributed by atoms with Crippen LogP contribution in [0.15, 0.2) is 77.5 Å². The number of allylic oxidation sites excluding steroid dienone is 1. The summed E-state index contributed by atoms with van der Waals surface area (Å²) in [6.07, 6.45) is 3.46. The Morgan fingerprint density at radius 1 is 0.938 bits per heavy atom. The molecule has 164 valence electrons. The van der Waals surface area contributed by atoms with Crippen molar-refractivity contribution in [1.29, 1.82) is 0 Å². The fourth-order valence-electron chi connectivity index (χ4n) is 3.98. The number of rotatable bonds is 7. The summed E-state index contributed by atoms with van der Waals surface area (Å²) in [6, 6.07) is 20.2. The fourth-order valence-corrected chi connectivity index (χ4v) is 3.98. The van der Waals surface area contributed by atoms with Gasteiger partial charge in [-0.1, -0.05) is 36.4 Å². The summed E-state index contributed by atoms with van der Waals surface area (Å²) in [6.45, 7) is 2.17. The van der Waals surface area contributed by atoms with E-state index in [0.717, 1.165) is 34.3 Å². The summed E-state index contributed by atoms with van der Waals surface area (Å²) in [5.41, 5.74) is 4.44. The average Bonchev–Trinajstić information content (AvgIpc) is 3.21. The van der Waals surface area contributed by atoms with Crippen molar-refractivity contribution in [3.63, 3.8) is 0 Å². The number of anilines is 1. The van der Waals surface area contributed by atoms with Gasteiger partial charge in [-0.3, -0.25) is 0 Å². The van der Waals surface area contributed by atoms with Gasteiger partial charge in [0.15, 0.2) is 11.5 Å². The van der Waals surface area contributed by atoms with Crippen LogP contribution in [0.4, 0.5) is 5.69 Å². The van der Waals surface area contributed by atoms with Gasteiger partial charge in [0.1, 0.15) is 0 Å². The van der Waals surface area contributed by atoms with E-state index in [4.69, 9.17) is 14.2 Å². The molecule has 0 aliphatic heterocycles. The van der Waals surface area contributed by atoms with Crippen molar-refractivity contribution in [2.75, 3.05) is 26.1 Å². The smallest absolute Gasteiger partial charge is 0.336 e. The second-order valence-electron chi connectivity index (χ2n) is 7.54. The number of esters is 1. The fraction of sp³-hybridized carbons (Fsp3) is 0.222. The van der Waals surface area contributed by atoms with Crippen LogP contribution in [0.25, 0.3) is 16.8 Å². The molecule has 0 unspecified atom stereocenters. The highest BCUT2D eigenvalue weighted by atomic mass is 16.5. The summed E-state index contributed by atoms with van der Waals surface area (Å²) in [5.74, 6) is 1.07. The van der Waals surface area contributed by atoms with E-state index in [1.165, 1.54) is 5.39 Å². The van der Waals surface area contributed by atoms with Gasteiger partial charge < -0.3 is 19.5 Å². The predicted molar refractivity (Wildman–Crippen MR) is 128 cm³/mol. The molecule has 1 aliphatic carbocycles. The minimum Gasteiger partial charge on any atom is -0.493 e. The molecule has 0 spiro atoms. The topological polar surface area (TPSA) is 56.8 Å². The maximum absolute atomic E-state index is 12.7. The van der Waals surface area contributed by atoms with Crippen LogP contribution in [0.1, 0.15) is 25.3 Å². The number of benzene rings is 3. The van der Waals surface area contributed by atoms with Gasteiger partial charge in [0.05, 0.1) is 32.1 Å². The highest BCUT2D eigenvalue weighted by Crippen LogP contribution is 2.36. The highest BCUT2D eigenvalue weighted by Gasteiger charge is 2.26. The minimum absolute atomic E-state index is 0.272. The lowest BCUT2D eigenvalue weighted by molar-refractivity contribution is -0.138. The summed E-state index contributed by atoms with van der Waals surface area (Å²) in [7, 11) is 3.24. The Labute approximate surface area is 188 Å². The lowest BCUT2D eigenvalue weighted by Gasteiger charge is -2.14. The average molecular weight is 430 g/mol. The minimum atomic E-state index is -0.272. The van der Waals surface area contributed by atoms with Crippen LogP contribution >= 0.6 is 0 Å². The van der Waals surface area contributed by atoms with Gasteiger partial charge in [0.2, 0.25) is 0 Å². The lowest BCUT2D eigenvalue weighted by Crippen LogP contribution is -2.11. The van der Waals surface area contributed by atoms with Gasteiger partial charge in [0.25, 0.3) is 0 Å². The largest absolute Gasteiger partial charge is 0.493 e. The first kappa shape index (κ1) is 21.5. The highest BCUT2D eigenvalue weighted by molar-refractivity contribution is 5.94. The third-order valence-electron chi connectivity index (χ3n) is 5.56. The molecule has 5 nitrogen and oxygen atoms in total. The molecular formula is C27H27NO4. The van der Waals surface area contributed by atoms with E-state index in [9.17, 15) is 4.79 Å². The van der Waals surface area contributed by atoms with E-state index < -0.39 is 0 Å². The molecular weight excluding hydrogens is 402 g/mol. The molecule has 3 aromatic carbocycles. The maximum atomic E-state index is 12.7. The molecule has 3 aromatic rings. The molecule has 0 fully saturated rings. The molecule has 1 aliphatic rings. The van der Waals surface area contributed by atoms with Crippen molar-refractivity contribution in [3.05, 3.63) is 83.1 Å². The number of nitrogens with one attached hydrogen (secondary N) is 1. The first-order chi connectivity index (χ1) is 15.6. The molecule has 0 heterocycles. The van der Waals surface area contributed by atoms with Gasteiger partial charge >= 0.3 is 5.97 Å². The van der Waals surface area contributed by atoms with E-state index in [0.29, 0.717) is 30.1 Å². The van der Waals surface area contributed by atoms with Gasteiger partial charge in [0, 0.05) is 5.69 Å². The Balaban J connectivity index is 1.73. The molecule has 0 radical (unpaired) electrons. The van der Waals surface area contributed by atoms with Gasteiger partial charge in [-0.2, -0.15) is 0 Å². The van der Waals surface area contributed by atoms with Crippen LogP contribution in [-0.4, -0.2) is 26.8 Å². The van der Waals surface area contributed by atoms with Crippen LogP contribution in [0, 0.1) is 0 Å². The van der Waals surface area contributed by atoms with Crippen LogP contribution in [0.2, 0.25) is 0 Å². The van der Waals surface area contributed by atoms with Crippen molar-refractivity contribution in [2.24, 2.45) is 0 Å². The van der Waals surface area contributed by atoms with Crippen molar-refractivity contribution in [3.8, 4) is 11.5 Å². The molecule has 5 heteroatoms. The number of hydrogen-bond acceptors (Lipinski definition) is 5. The number of carbonyl (C=O) groups is 1. The molecule has 4 rings (SSSR count). The monoisotopic (exact) mass is 429 g/mol. The molecule has 0 saturated carbocycles. The number of fused-ring (bicyclic) bond motifs is 1. The molecule has 0 saturated heterocycles. The van der Waals surface area contributed by atoms with E-state index >= 15 is 0 Å². The molecule has 32 heavy (non-hydrogen) atoms. The maximum Gasteiger partial charge on any atom is 0.336 e. The van der Waals surface area contributed by atoms with Gasteiger partial charge in [-0.25, -0.2) is 4.79 Å². The second-order valence-corrected chi connectivity index (χ2v) is 7.54. The standard InChI is InChI=1S/C27H27NO4/c1-4-32-27(29)23-13-11-21(15-18-9-14-24(30-2)25(16-18)31-3)26(23)28-22-12-10-19-7-5-6-8-20(19)17-22/h5-10,12,14-17,28H,4,11,13H2,1-3H3/b21-15+. The predicted octanol–water partition coefficient (Wildman–Crippen LogP) is 5.96. The van der Waals surface area contributed by atoms with Crippen molar-refractivity contribution >= 4 is 28.5 Å². The molecule has 0 aromatic heterocycles. The molecule has 1 N–H and O–H groups in total. The van der Waals surface area contributed by atoms with Crippen molar-refractivity contribution in [2.45, 2.75) is 19.8 Å². The Morgan fingerprint density at radius 3 is 2.47 bits per heavy atom. The summed E-state index contributed by atoms with van der Waals surface area (Å²) in [4.78, 5) is 12.7. The van der Waals surface area contributed by atoms with Gasteiger partial charge in [-0.15, -0.1) is 0 Å². The quantitative estimate of drug-likeness (QED) is 0.470. The normalized spacial score (nSPS) is 14.7. The third kappa shape index (κ3) is 4.47. The number of ether oxygens (including phenoxy) is 3. The zero-order valence-electron chi connectivity index (χ0n) is 18.6. The van der Waals surface area contributed by atoms with E-state index in [1.54, 1.807) is 14.2 Å². The van der Waals surface area contributed by atoms with E-state index in [2.05, 4.69) is 35.7 Å². The summed E-state index contributed by atoms with van der Waals surface area (Å²) < 4.78 is 16.1. The summed E-state index contributed by atoms with van der Waals surface area (Å²) >= 11 is 0. The van der Waals surface area contributed by atoms with Gasteiger partial charge in [-0.05, 0) is 72.0 Å². The van der Waals surface area contributed by atoms with E-state index in [1.807, 2.05) is 43.3 Å². The number of methoxy groups -OCH3 is 2. The Bertz CT molecular complexity index is 1210. The first-order valence-electron chi connectivity index (χ1n) is 10.7. The molecule has 0 bridgehead atoms. The third-order valence-corrected chi connectivity index (χ3v) is 5.56. The van der Waals surface area contributed by atoms with Crippen LogP contribution < -0.4 is 14.8 Å². The molecule has 0 atom stereocenters. The number of carbonyl (C=O) groups excluding carboxylic acids is 1. The first-order valence-corrected chi connectivity index (χ1v) is 10.7. The molecule has 0 amide bonds. The zero-order chi connectivity index (χ0) is 22.5. The zero-order valence-corrected chi connectivity index (χ0v) is 18.6. The second kappa shape index (κ2) is 9.60. The lowest BCUT2D eigenvalue weighted by atomic mass is 10.1. The number of hydrogen-bond donors (Lipinski definition) is 1.